The van der Waals surface area contributed by atoms with Crippen molar-refractivity contribution in [3.05, 3.63) is 46.5 Å². The van der Waals surface area contributed by atoms with Gasteiger partial charge in [-0.2, -0.15) is 0 Å². The van der Waals surface area contributed by atoms with Gasteiger partial charge in [0.05, 0.1) is 17.7 Å². The third-order valence-corrected chi connectivity index (χ3v) is 5.15. The molecule has 1 aliphatic carbocycles. The highest BCUT2D eigenvalue weighted by atomic mass is 32.2. The molecular weight excluding hydrogens is 320 g/mol. The van der Waals surface area contributed by atoms with Gasteiger partial charge in [0.15, 0.2) is 0 Å². The van der Waals surface area contributed by atoms with Crippen LogP contribution in [0.3, 0.4) is 0 Å². The average molecular weight is 338 g/mol. The van der Waals surface area contributed by atoms with Crippen molar-refractivity contribution in [1.82, 2.24) is 0 Å². The van der Waals surface area contributed by atoms with Crippen LogP contribution >= 0.6 is 0 Å². The van der Waals surface area contributed by atoms with Crippen molar-refractivity contribution in [1.29, 1.82) is 0 Å². The average Bonchev–Trinajstić information content (AvgIpc) is 2.45. The number of aromatic carboxylic acids is 1. The lowest BCUT2D eigenvalue weighted by atomic mass is 10.0. The summed E-state index contributed by atoms with van der Waals surface area (Å²) >= 11 is 0. The molecule has 0 heterocycles. The van der Waals surface area contributed by atoms with Gasteiger partial charge in [-0.1, -0.05) is 6.92 Å². The molecule has 2 rings (SSSR count). The molecule has 0 saturated heterocycles. The summed E-state index contributed by atoms with van der Waals surface area (Å²) in [6, 6.07) is 4.00. The third kappa shape index (κ3) is 3.65. The zero-order valence-corrected chi connectivity index (χ0v) is 13.6. The van der Waals surface area contributed by atoms with Crippen LogP contribution in [0, 0.1) is 5.92 Å². The smallest absolute Gasteiger partial charge is 0.339 e. The third-order valence-electron chi connectivity index (χ3n) is 3.48. The van der Waals surface area contributed by atoms with Crippen LogP contribution in [0.1, 0.15) is 23.7 Å². The predicted molar refractivity (Wildman–Crippen MR) is 86.6 cm³/mol. The number of carboxylic acid groups (broad SMARTS) is 1. The van der Waals surface area contributed by atoms with Crippen LogP contribution in [-0.4, -0.2) is 26.6 Å². The van der Waals surface area contributed by atoms with E-state index < -0.39 is 16.0 Å². The van der Waals surface area contributed by atoms with E-state index in [-0.39, 0.29) is 27.8 Å². The molecule has 0 bridgehead atoms. The van der Waals surface area contributed by atoms with E-state index in [1.54, 1.807) is 13.0 Å². The molecule has 0 amide bonds. The maximum atomic E-state index is 12.5. The Labute approximate surface area is 134 Å². The van der Waals surface area contributed by atoms with Gasteiger partial charge in [-0.15, -0.1) is 0 Å². The zero-order valence-electron chi connectivity index (χ0n) is 12.7. The van der Waals surface area contributed by atoms with Crippen LogP contribution in [-0.2, 0) is 10.0 Å². The minimum atomic E-state index is -3.76. The van der Waals surface area contributed by atoms with E-state index >= 15 is 0 Å². The predicted octanol–water partition coefficient (Wildman–Crippen LogP) is 1.90. The number of methoxy groups -OCH3 is 1. The van der Waals surface area contributed by atoms with E-state index in [1.807, 2.05) is 0 Å². The molecule has 4 N–H and O–H groups in total. The van der Waals surface area contributed by atoms with E-state index in [9.17, 15) is 13.2 Å². The number of carbonyl (C=O) groups is 1. The molecular formula is C15H18N2O5S. The number of nitrogens with two attached hydrogens (primary N) is 1. The van der Waals surface area contributed by atoms with Gasteiger partial charge in [0.1, 0.15) is 11.3 Å². The van der Waals surface area contributed by atoms with Crippen molar-refractivity contribution < 1.29 is 23.1 Å². The fourth-order valence-electron chi connectivity index (χ4n) is 2.38. The van der Waals surface area contributed by atoms with Crippen LogP contribution in [0.4, 0.5) is 5.69 Å². The van der Waals surface area contributed by atoms with Crippen molar-refractivity contribution in [3.63, 3.8) is 0 Å². The second-order valence-electron chi connectivity index (χ2n) is 5.24. The molecule has 23 heavy (non-hydrogen) atoms. The molecule has 8 heteroatoms. The Kier molecular flexibility index (Phi) is 4.65. The van der Waals surface area contributed by atoms with E-state index in [0.717, 1.165) is 0 Å². The molecule has 7 nitrogen and oxygen atoms in total. The Morgan fingerprint density at radius 3 is 2.65 bits per heavy atom. The van der Waals surface area contributed by atoms with Gasteiger partial charge in [0.25, 0.3) is 10.0 Å². The summed E-state index contributed by atoms with van der Waals surface area (Å²) < 4.78 is 32.4. The maximum Gasteiger partial charge on any atom is 0.339 e. The second-order valence-corrected chi connectivity index (χ2v) is 6.92. The summed E-state index contributed by atoms with van der Waals surface area (Å²) in [4.78, 5) is 11.3. The summed E-state index contributed by atoms with van der Waals surface area (Å²) in [5.41, 5.74) is 6.50. The first-order valence-electron chi connectivity index (χ1n) is 6.85. The zero-order chi connectivity index (χ0) is 17.2. The molecule has 1 unspecified atom stereocenters. The van der Waals surface area contributed by atoms with Gasteiger partial charge in [0, 0.05) is 11.8 Å². The molecule has 1 aromatic rings. The van der Waals surface area contributed by atoms with Gasteiger partial charge in [0.2, 0.25) is 0 Å². The fourth-order valence-corrected chi connectivity index (χ4v) is 3.79. The molecule has 0 fully saturated rings. The Balaban J connectivity index is 2.33. The molecule has 1 aromatic carbocycles. The number of hydrogen-bond donors (Lipinski definition) is 3. The van der Waals surface area contributed by atoms with Crippen molar-refractivity contribution in [2.24, 2.45) is 11.7 Å². The van der Waals surface area contributed by atoms with Gasteiger partial charge >= 0.3 is 5.97 Å². The lowest BCUT2D eigenvalue weighted by Gasteiger charge is -2.20. The lowest BCUT2D eigenvalue weighted by molar-refractivity contribution is 0.0693. The number of allylic oxidation sites excluding steroid dienone is 4. The minimum absolute atomic E-state index is 0.0450. The molecule has 1 aliphatic rings. The molecule has 0 aliphatic heterocycles. The van der Waals surface area contributed by atoms with Gasteiger partial charge in [-0.3, -0.25) is 4.72 Å². The quantitative estimate of drug-likeness (QED) is 0.754. The molecule has 0 spiro atoms. The van der Waals surface area contributed by atoms with Crippen molar-refractivity contribution in [3.8, 4) is 5.75 Å². The normalized spacial score (nSPS) is 17.9. The van der Waals surface area contributed by atoms with Crippen molar-refractivity contribution in [2.75, 3.05) is 11.8 Å². The number of anilines is 1. The second kappa shape index (κ2) is 6.33. The highest BCUT2D eigenvalue weighted by Crippen LogP contribution is 2.30. The number of rotatable bonds is 5. The number of carboxylic acids is 1. The number of benzene rings is 1. The topological polar surface area (TPSA) is 119 Å². The summed E-state index contributed by atoms with van der Waals surface area (Å²) in [7, 11) is -2.44. The van der Waals surface area contributed by atoms with E-state index in [2.05, 4.69) is 4.72 Å². The molecule has 124 valence electrons. The summed E-state index contributed by atoms with van der Waals surface area (Å²) in [6.07, 6.45) is 3.52. The van der Waals surface area contributed by atoms with Crippen LogP contribution in [0.2, 0.25) is 0 Å². The molecule has 1 atom stereocenters. The number of ether oxygens (including phenoxy) is 1. The maximum absolute atomic E-state index is 12.5. The van der Waals surface area contributed by atoms with Crippen LogP contribution in [0.15, 0.2) is 41.0 Å². The molecule has 0 radical (unpaired) electrons. The molecule has 0 aromatic heterocycles. The van der Waals surface area contributed by atoms with Crippen LogP contribution in [0.25, 0.3) is 0 Å². The number of sulfonamides is 1. The lowest BCUT2D eigenvalue weighted by Crippen LogP contribution is -2.22. The number of hydrogen-bond acceptors (Lipinski definition) is 5. The molecule has 0 saturated carbocycles. The van der Waals surface area contributed by atoms with Gasteiger partial charge in [-0.05, 0) is 36.6 Å². The first-order valence-corrected chi connectivity index (χ1v) is 8.33. The van der Waals surface area contributed by atoms with E-state index in [4.69, 9.17) is 15.6 Å². The summed E-state index contributed by atoms with van der Waals surface area (Å²) in [5.74, 6) is -1.31. The SMILES string of the molecule is COc1cc(NS(=O)(=O)C2=CC=C(N)CC2C)ccc1C(=O)O. The van der Waals surface area contributed by atoms with Crippen LogP contribution in [0.5, 0.6) is 5.75 Å². The minimum Gasteiger partial charge on any atom is -0.496 e. The first-order chi connectivity index (χ1) is 10.7. The monoisotopic (exact) mass is 338 g/mol. The first kappa shape index (κ1) is 16.9. The standard InChI is InChI=1S/C15H18N2O5S/c1-9-7-10(16)3-6-14(9)23(20,21)17-11-4-5-12(15(18)19)13(8-11)22-2/h3-6,8-9,17H,7,16H2,1-2H3,(H,18,19). The Morgan fingerprint density at radius 1 is 1.39 bits per heavy atom. The fraction of sp³-hybridized carbons (Fsp3) is 0.267. The van der Waals surface area contributed by atoms with E-state index in [0.29, 0.717) is 12.1 Å². The number of nitrogens with one attached hydrogen (secondary N) is 1. The van der Waals surface area contributed by atoms with Crippen LogP contribution < -0.4 is 15.2 Å². The highest BCUT2D eigenvalue weighted by Gasteiger charge is 2.26. The Morgan fingerprint density at radius 2 is 2.09 bits per heavy atom. The van der Waals surface area contributed by atoms with Crippen molar-refractivity contribution >= 4 is 21.7 Å². The Bertz CT molecular complexity index is 796. The largest absolute Gasteiger partial charge is 0.496 e. The summed E-state index contributed by atoms with van der Waals surface area (Å²) in [6.45, 7) is 1.78. The van der Waals surface area contributed by atoms with Gasteiger partial charge < -0.3 is 15.6 Å². The van der Waals surface area contributed by atoms with Crippen molar-refractivity contribution in [2.45, 2.75) is 13.3 Å². The highest BCUT2D eigenvalue weighted by molar-refractivity contribution is 7.96. The van der Waals surface area contributed by atoms with Gasteiger partial charge in [-0.25, -0.2) is 13.2 Å². The Hall–Kier alpha value is -2.48. The summed E-state index contributed by atoms with van der Waals surface area (Å²) in [5, 5.41) is 9.04. The van der Waals surface area contributed by atoms with E-state index in [1.165, 1.54) is 31.4 Å².